The molecular formula is C21H29N5O. The highest BCUT2D eigenvalue weighted by Gasteiger charge is 2.16. The lowest BCUT2D eigenvalue weighted by Gasteiger charge is -2.16. The van der Waals surface area contributed by atoms with E-state index in [4.69, 9.17) is 4.42 Å². The Hall–Kier alpha value is -2.76. The Kier molecular flexibility index (Phi) is 5.84. The van der Waals surface area contributed by atoms with Crippen molar-refractivity contribution in [2.75, 3.05) is 7.05 Å². The molecule has 1 atom stereocenters. The molecule has 0 aliphatic carbocycles. The number of nitrogens with one attached hydrogen (secondary N) is 2. The summed E-state index contributed by atoms with van der Waals surface area (Å²) in [4.78, 5) is 4.37. The smallest absolute Gasteiger partial charge is 0.191 e. The van der Waals surface area contributed by atoms with Gasteiger partial charge in [-0.25, -0.2) is 0 Å². The van der Waals surface area contributed by atoms with E-state index in [-0.39, 0.29) is 6.04 Å². The van der Waals surface area contributed by atoms with Gasteiger partial charge in [-0.2, -0.15) is 5.10 Å². The standard InChI is InChI=1S/C21H29N5O/c1-6-17-16(18(7-2)26(5)25-17)13-23-21(22-4)24-14(3)20-12-15-10-8-9-11-19(15)27-20/h8-12,14H,6-7,13H2,1-5H3,(H2,22,23,24). The molecule has 0 saturated carbocycles. The number of aryl methyl sites for hydroxylation is 2. The molecule has 6 heteroatoms. The number of nitrogens with zero attached hydrogens (tertiary/aromatic N) is 3. The van der Waals surface area contributed by atoms with E-state index in [9.17, 15) is 0 Å². The van der Waals surface area contributed by atoms with E-state index in [0.29, 0.717) is 6.54 Å². The molecule has 2 heterocycles. The van der Waals surface area contributed by atoms with E-state index >= 15 is 0 Å². The minimum absolute atomic E-state index is 0.00814. The first-order chi connectivity index (χ1) is 13.1. The van der Waals surface area contributed by atoms with E-state index in [1.165, 1.54) is 11.3 Å². The minimum Gasteiger partial charge on any atom is -0.459 e. The van der Waals surface area contributed by atoms with E-state index in [1.54, 1.807) is 7.05 Å². The van der Waals surface area contributed by atoms with E-state index in [1.807, 2.05) is 29.9 Å². The van der Waals surface area contributed by atoms with E-state index < -0.39 is 0 Å². The van der Waals surface area contributed by atoms with Crippen LogP contribution < -0.4 is 10.6 Å². The Balaban J connectivity index is 1.69. The predicted octanol–water partition coefficient (Wildman–Crippen LogP) is 3.72. The van der Waals surface area contributed by atoms with Gasteiger partial charge in [-0.15, -0.1) is 0 Å². The largest absolute Gasteiger partial charge is 0.459 e. The number of guanidine groups is 1. The third-order valence-corrected chi connectivity index (χ3v) is 4.91. The van der Waals surface area contributed by atoms with Crippen molar-refractivity contribution in [3.05, 3.63) is 53.0 Å². The first-order valence-electron chi connectivity index (χ1n) is 9.56. The molecule has 0 aliphatic heterocycles. The topological polar surface area (TPSA) is 67.4 Å². The first-order valence-corrected chi connectivity index (χ1v) is 9.56. The van der Waals surface area contributed by atoms with Crippen molar-refractivity contribution in [1.29, 1.82) is 0 Å². The van der Waals surface area contributed by atoms with E-state index in [0.717, 1.165) is 41.2 Å². The van der Waals surface area contributed by atoms with E-state index in [2.05, 4.69) is 53.6 Å². The van der Waals surface area contributed by atoms with Crippen LogP contribution in [-0.2, 0) is 26.4 Å². The summed E-state index contributed by atoms with van der Waals surface area (Å²) in [6.45, 7) is 7.08. The van der Waals surface area contributed by atoms with Crippen molar-refractivity contribution in [3.8, 4) is 0 Å². The molecule has 2 aromatic heterocycles. The fourth-order valence-corrected chi connectivity index (χ4v) is 3.45. The van der Waals surface area contributed by atoms with Crippen LogP contribution >= 0.6 is 0 Å². The molecule has 3 aromatic rings. The molecule has 0 saturated heterocycles. The second kappa shape index (κ2) is 8.29. The summed E-state index contributed by atoms with van der Waals surface area (Å²) in [6.07, 6.45) is 1.88. The Morgan fingerprint density at radius 2 is 2.04 bits per heavy atom. The van der Waals surface area contributed by atoms with Gasteiger partial charge in [0.05, 0.1) is 11.7 Å². The highest BCUT2D eigenvalue weighted by atomic mass is 16.3. The maximum Gasteiger partial charge on any atom is 0.191 e. The predicted molar refractivity (Wildman–Crippen MR) is 110 cm³/mol. The summed E-state index contributed by atoms with van der Waals surface area (Å²) >= 11 is 0. The van der Waals surface area contributed by atoms with Gasteiger partial charge in [0.1, 0.15) is 11.3 Å². The number of fused-ring (bicyclic) bond motifs is 1. The van der Waals surface area contributed by atoms with Gasteiger partial charge in [0.2, 0.25) is 0 Å². The normalized spacial score (nSPS) is 13.1. The molecule has 27 heavy (non-hydrogen) atoms. The van der Waals surface area contributed by atoms with Crippen molar-refractivity contribution in [2.24, 2.45) is 12.0 Å². The molecule has 144 valence electrons. The quantitative estimate of drug-likeness (QED) is 0.515. The summed E-state index contributed by atoms with van der Waals surface area (Å²) in [6, 6.07) is 10.1. The molecule has 1 unspecified atom stereocenters. The number of benzene rings is 1. The van der Waals surface area contributed by atoms with Crippen LogP contribution in [0.25, 0.3) is 11.0 Å². The fourth-order valence-electron chi connectivity index (χ4n) is 3.45. The van der Waals surface area contributed by atoms with Gasteiger partial charge in [-0.05, 0) is 31.9 Å². The minimum atomic E-state index is 0.00814. The monoisotopic (exact) mass is 367 g/mol. The first kappa shape index (κ1) is 19.0. The van der Waals surface area contributed by atoms with Crippen molar-refractivity contribution in [3.63, 3.8) is 0 Å². The number of para-hydroxylation sites is 1. The van der Waals surface area contributed by atoms with Gasteiger partial charge in [0.25, 0.3) is 0 Å². The van der Waals surface area contributed by atoms with Crippen LogP contribution in [0.1, 0.15) is 49.5 Å². The zero-order chi connectivity index (χ0) is 19.4. The Bertz CT molecular complexity index is 904. The van der Waals surface area contributed by atoms with Crippen LogP contribution in [0.5, 0.6) is 0 Å². The Morgan fingerprint density at radius 1 is 1.26 bits per heavy atom. The maximum absolute atomic E-state index is 5.96. The second-order valence-corrected chi connectivity index (χ2v) is 6.68. The van der Waals surface area contributed by atoms with Crippen LogP contribution in [0.15, 0.2) is 39.7 Å². The lowest BCUT2D eigenvalue weighted by molar-refractivity contribution is 0.488. The zero-order valence-corrected chi connectivity index (χ0v) is 16.8. The van der Waals surface area contributed by atoms with Crippen molar-refractivity contribution >= 4 is 16.9 Å². The lowest BCUT2D eigenvalue weighted by atomic mass is 10.1. The van der Waals surface area contributed by atoms with Crippen molar-refractivity contribution < 1.29 is 4.42 Å². The average Bonchev–Trinajstić information content (AvgIpc) is 3.25. The summed E-state index contributed by atoms with van der Waals surface area (Å²) in [5, 5.41) is 12.6. The third kappa shape index (κ3) is 3.99. The van der Waals surface area contributed by atoms with Crippen LogP contribution in [0.4, 0.5) is 0 Å². The van der Waals surface area contributed by atoms with Crippen LogP contribution in [0, 0.1) is 0 Å². The highest BCUT2D eigenvalue weighted by molar-refractivity contribution is 5.81. The van der Waals surface area contributed by atoms with Crippen molar-refractivity contribution in [1.82, 2.24) is 20.4 Å². The van der Waals surface area contributed by atoms with Gasteiger partial charge in [-0.1, -0.05) is 32.0 Å². The number of aromatic nitrogens is 2. The highest BCUT2D eigenvalue weighted by Crippen LogP contribution is 2.23. The molecule has 0 bridgehead atoms. The molecular weight excluding hydrogens is 338 g/mol. The second-order valence-electron chi connectivity index (χ2n) is 6.68. The van der Waals surface area contributed by atoms with Gasteiger partial charge in [0, 0.05) is 37.3 Å². The van der Waals surface area contributed by atoms with Crippen LogP contribution in [-0.4, -0.2) is 22.8 Å². The molecule has 6 nitrogen and oxygen atoms in total. The molecule has 0 radical (unpaired) electrons. The van der Waals surface area contributed by atoms with Crippen molar-refractivity contribution in [2.45, 2.75) is 46.2 Å². The number of rotatable bonds is 6. The van der Waals surface area contributed by atoms with Gasteiger partial charge < -0.3 is 15.1 Å². The fraction of sp³-hybridized carbons (Fsp3) is 0.429. The van der Waals surface area contributed by atoms with Gasteiger partial charge in [0.15, 0.2) is 5.96 Å². The molecule has 1 aromatic carbocycles. The number of aliphatic imine (C=N–C) groups is 1. The molecule has 0 aliphatic rings. The van der Waals surface area contributed by atoms with Gasteiger partial charge >= 0.3 is 0 Å². The number of hydrogen-bond acceptors (Lipinski definition) is 3. The number of furan rings is 1. The van der Waals surface area contributed by atoms with Crippen LogP contribution in [0.3, 0.4) is 0 Å². The summed E-state index contributed by atoms with van der Waals surface area (Å²) in [5.41, 5.74) is 4.57. The molecule has 0 spiro atoms. The van der Waals surface area contributed by atoms with Gasteiger partial charge in [-0.3, -0.25) is 9.67 Å². The molecule has 0 amide bonds. The average molecular weight is 367 g/mol. The maximum atomic E-state index is 5.96. The molecule has 3 rings (SSSR count). The summed E-state index contributed by atoms with van der Waals surface area (Å²) < 4.78 is 7.94. The molecule has 0 fully saturated rings. The Morgan fingerprint density at radius 3 is 2.70 bits per heavy atom. The lowest BCUT2D eigenvalue weighted by Crippen LogP contribution is -2.38. The summed E-state index contributed by atoms with van der Waals surface area (Å²) in [5.74, 6) is 1.64. The third-order valence-electron chi connectivity index (χ3n) is 4.91. The SMILES string of the molecule is CCc1nn(C)c(CC)c1CNC(=NC)NC(C)c1cc2ccccc2o1. The van der Waals surface area contributed by atoms with Crippen LogP contribution in [0.2, 0.25) is 0 Å². The number of hydrogen-bond donors (Lipinski definition) is 2. The zero-order valence-electron chi connectivity index (χ0n) is 16.8. The summed E-state index contributed by atoms with van der Waals surface area (Å²) in [7, 11) is 3.80. The molecule has 2 N–H and O–H groups in total. The Labute approximate surface area is 160 Å².